The summed E-state index contributed by atoms with van der Waals surface area (Å²) in [4.78, 5) is 60.7. The molecule has 16 heteroatoms. The van der Waals surface area contributed by atoms with Crippen LogP contribution in [0.1, 0.15) is 40.7 Å². The van der Waals surface area contributed by atoms with Crippen LogP contribution >= 0.6 is 11.6 Å². The van der Waals surface area contributed by atoms with E-state index < -0.39 is 23.5 Å². The average Bonchev–Trinajstić information content (AvgIpc) is 3.47. The van der Waals surface area contributed by atoms with E-state index in [1.54, 1.807) is 9.80 Å². The van der Waals surface area contributed by atoms with Crippen molar-refractivity contribution in [3.05, 3.63) is 64.6 Å². The summed E-state index contributed by atoms with van der Waals surface area (Å²) < 4.78 is 35.2. The number of nitrogens with one attached hydrogen (secondary N) is 2. The van der Waals surface area contributed by atoms with Crippen molar-refractivity contribution in [3.8, 4) is 17.0 Å². The van der Waals surface area contributed by atoms with Crippen LogP contribution in [0.4, 0.5) is 14.5 Å². The molecule has 3 N–H and O–H groups in total. The molecule has 0 saturated carbocycles. The van der Waals surface area contributed by atoms with Gasteiger partial charge in [0, 0.05) is 70.0 Å². The molecule has 0 radical (unpaired) electrons. The van der Waals surface area contributed by atoms with Crippen molar-refractivity contribution in [2.24, 2.45) is 18.9 Å². The third-order valence-electron chi connectivity index (χ3n) is 9.45. The lowest BCUT2D eigenvalue weighted by Crippen LogP contribution is -2.52. The van der Waals surface area contributed by atoms with E-state index in [2.05, 4.69) is 15.6 Å². The van der Waals surface area contributed by atoms with E-state index >= 15 is 0 Å². The highest BCUT2D eigenvalue weighted by atomic mass is 35.5. The van der Waals surface area contributed by atoms with Crippen molar-refractivity contribution in [2.75, 3.05) is 71.3 Å². The largest absolute Gasteiger partial charge is 0.494 e. The molecule has 1 atom stereocenters. The molecule has 2 aliphatic heterocycles. The van der Waals surface area contributed by atoms with E-state index in [4.69, 9.17) is 16.3 Å². The standard InChI is InChI=1S/C35H42ClF2N7O6/c1-4-22(9-10-43(20-29(46)47)19-21-16-39-17-21)34(49)44-11-13-45(14-12-44)35(50)24-6-5-23(15-26(24)36)41-33(48)32-40-18-27(42(32)2)25-7-8-28(51-3)31(38)30(25)37/h5-8,15,18,21-22,39H,4,9-14,16-17,19-20H2,1-3H3,(H,41,48)(H,46,47). The third-order valence-corrected chi connectivity index (χ3v) is 9.76. The molecule has 1 aromatic heterocycles. The number of ether oxygens (including phenoxy) is 1. The van der Waals surface area contributed by atoms with Crippen LogP contribution < -0.4 is 15.4 Å². The van der Waals surface area contributed by atoms with Crippen LogP contribution in [0.5, 0.6) is 5.75 Å². The Kier molecular flexibility index (Phi) is 12.3. The normalized spacial score (nSPS) is 15.4. The van der Waals surface area contributed by atoms with Gasteiger partial charge in [0.15, 0.2) is 17.4 Å². The number of carboxylic acids is 1. The van der Waals surface area contributed by atoms with E-state index in [0.717, 1.165) is 13.1 Å². The summed E-state index contributed by atoms with van der Waals surface area (Å²) in [5.74, 6) is -4.26. The molecule has 3 aromatic rings. The molecule has 2 saturated heterocycles. The zero-order valence-electron chi connectivity index (χ0n) is 28.8. The number of halogens is 3. The molecule has 3 heterocycles. The van der Waals surface area contributed by atoms with Gasteiger partial charge in [-0.2, -0.15) is 4.39 Å². The highest BCUT2D eigenvalue weighted by molar-refractivity contribution is 6.34. The van der Waals surface area contributed by atoms with Crippen LogP contribution in [0, 0.1) is 23.5 Å². The molecule has 1 unspecified atom stereocenters. The molecule has 2 fully saturated rings. The fraction of sp³-hybridized carbons (Fsp3) is 0.457. The fourth-order valence-electron chi connectivity index (χ4n) is 6.38. The maximum absolute atomic E-state index is 14.7. The summed E-state index contributed by atoms with van der Waals surface area (Å²) in [6.45, 7) is 6.19. The Labute approximate surface area is 299 Å². The summed E-state index contributed by atoms with van der Waals surface area (Å²) in [5.41, 5.74) is 0.600. The Bertz CT molecular complexity index is 1780. The van der Waals surface area contributed by atoms with Crippen molar-refractivity contribution in [2.45, 2.75) is 19.8 Å². The number of anilines is 1. The number of methoxy groups -OCH3 is 1. The Balaban J connectivity index is 1.15. The van der Waals surface area contributed by atoms with Gasteiger partial charge < -0.3 is 34.8 Å². The van der Waals surface area contributed by atoms with Gasteiger partial charge in [-0.25, -0.2) is 9.37 Å². The minimum absolute atomic E-state index is 0.00411. The quantitative estimate of drug-likeness (QED) is 0.226. The monoisotopic (exact) mass is 729 g/mol. The predicted octanol–water partition coefficient (Wildman–Crippen LogP) is 3.59. The summed E-state index contributed by atoms with van der Waals surface area (Å²) in [6.07, 6.45) is 2.45. The average molecular weight is 730 g/mol. The number of carbonyl (C=O) groups excluding carboxylic acids is 3. The lowest BCUT2D eigenvalue weighted by atomic mass is 9.98. The first-order valence-corrected chi connectivity index (χ1v) is 17.2. The van der Waals surface area contributed by atoms with Crippen molar-refractivity contribution in [3.63, 3.8) is 0 Å². The number of carboxylic acid groups (broad SMARTS) is 1. The minimum Gasteiger partial charge on any atom is -0.494 e. The Hall–Kier alpha value is -4.60. The topological polar surface area (TPSA) is 149 Å². The van der Waals surface area contributed by atoms with E-state index in [9.17, 15) is 33.1 Å². The van der Waals surface area contributed by atoms with Crippen LogP contribution in [0.2, 0.25) is 5.02 Å². The minimum atomic E-state index is -1.15. The molecule has 5 rings (SSSR count). The van der Waals surface area contributed by atoms with Crippen molar-refractivity contribution in [1.82, 2.24) is 29.6 Å². The predicted molar refractivity (Wildman–Crippen MR) is 186 cm³/mol. The Morgan fingerprint density at radius 2 is 1.80 bits per heavy atom. The summed E-state index contributed by atoms with van der Waals surface area (Å²) in [7, 11) is 2.72. The molecule has 0 bridgehead atoms. The zero-order valence-corrected chi connectivity index (χ0v) is 29.5. The molecule has 2 aliphatic rings. The van der Waals surface area contributed by atoms with Gasteiger partial charge in [0.25, 0.3) is 11.8 Å². The zero-order chi connectivity index (χ0) is 36.8. The number of rotatable bonds is 14. The molecular formula is C35H42ClF2N7O6. The molecule has 0 spiro atoms. The van der Waals surface area contributed by atoms with Gasteiger partial charge in [-0.05, 0) is 55.6 Å². The number of amides is 3. The highest BCUT2D eigenvalue weighted by Gasteiger charge is 2.30. The van der Waals surface area contributed by atoms with Crippen molar-refractivity contribution in [1.29, 1.82) is 0 Å². The van der Waals surface area contributed by atoms with E-state index in [0.29, 0.717) is 63.7 Å². The van der Waals surface area contributed by atoms with Crippen LogP contribution in [0.25, 0.3) is 11.3 Å². The molecule has 51 heavy (non-hydrogen) atoms. The van der Waals surface area contributed by atoms with Gasteiger partial charge in [0.05, 0.1) is 36.1 Å². The van der Waals surface area contributed by atoms with Gasteiger partial charge in [0.1, 0.15) is 0 Å². The Morgan fingerprint density at radius 3 is 2.41 bits per heavy atom. The fourth-order valence-corrected chi connectivity index (χ4v) is 6.64. The second kappa shape index (κ2) is 16.6. The first kappa shape index (κ1) is 37.7. The smallest absolute Gasteiger partial charge is 0.317 e. The lowest BCUT2D eigenvalue weighted by Gasteiger charge is -2.37. The van der Waals surface area contributed by atoms with Crippen LogP contribution in [0.15, 0.2) is 36.5 Å². The molecule has 274 valence electrons. The second-order valence-electron chi connectivity index (χ2n) is 12.8. The number of imidazole rings is 1. The number of nitrogens with zero attached hydrogens (tertiary/aromatic N) is 5. The number of aromatic nitrogens is 2. The van der Waals surface area contributed by atoms with Gasteiger partial charge in [0.2, 0.25) is 11.7 Å². The third kappa shape index (κ3) is 8.65. The van der Waals surface area contributed by atoms with E-state index in [1.165, 1.54) is 55.3 Å². The number of hydrogen-bond acceptors (Lipinski definition) is 8. The SMILES string of the molecule is CCC(CCN(CC(=O)O)CC1CNC1)C(=O)N1CCN(C(=O)c2ccc(NC(=O)c3ncc(-c4ccc(OC)c(F)c4F)n3C)cc2Cl)CC1. The molecular weight excluding hydrogens is 688 g/mol. The molecule has 0 aliphatic carbocycles. The van der Waals surface area contributed by atoms with Crippen molar-refractivity contribution >= 4 is 41.0 Å². The first-order chi connectivity index (χ1) is 24.4. The van der Waals surface area contributed by atoms with Gasteiger partial charge in [-0.3, -0.25) is 24.1 Å². The first-order valence-electron chi connectivity index (χ1n) is 16.8. The molecule has 13 nitrogen and oxygen atoms in total. The number of carbonyl (C=O) groups is 4. The van der Waals surface area contributed by atoms with Gasteiger partial charge in [-0.1, -0.05) is 18.5 Å². The van der Waals surface area contributed by atoms with Crippen LogP contribution in [-0.2, 0) is 16.6 Å². The van der Waals surface area contributed by atoms with Gasteiger partial charge in [-0.15, -0.1) is 0 Å². The van der Waals surface area contributed by atoms with Crippen LogP contribution in [0.3, 0.4) is 0 Å². The molecule has 3 amide bonds. The van der Waals surface area contributed by atoms with E-state index in [-0.39, 0.29) is 57.7 Å². The van der Waals surface area contributed by atoms with Crippen LogP contribution in [-0.4, -0.2) is 119 Å². The number of aliphatic carboxylic acids is 1. The lowest BCUT2D eigenvalue weighted by molar-refractivity contribution is -0.138. The highest BCUT2D eigenvalue weighted by Crippen LogP contribution is 2.30. The second-order valence-corrected chi connectivity index (χ2v) is 13.2. The summed E-state index contributed by atoms with van der Waals surface area (Å²) >= 11 is 6.51. The Morgan fingerprint density at radius 1 is 1.10 bits per heavy atom. The number of benzene rings is 2. The number of hydrogen-bond donors (Lipinski definition) is 3. The van der Waals surface area contributed by atoms with Gasteiger partial charge >= 0.3 is 5.97 Å². The number of piperazine rings is 1. The summed E-state index contributed by atoms with van der Waals surface area (Å²) in [5, 5.41) is 15.3. The molecule has 2 aromatic carbocycles. The maximum Gasteiger partial charge on any atom is 0.317 e. The van der Waals surface area contributed by atoms with Crippen molar-refractivity contribution < 1.29 is 37.8 Å². The summed E-state index contributed by atoms with van der Waals surface area (Å²) in [6, 6.07) is 7.09. The maximum atomic E-state index is 14.7. The van der Waals surface area contributed by atoms with E-state index in [1.807, 2.05) is 11.8 Å².